The van der Waals surface area contributed by atoms with Crippen LogP contribution in [0.25, 0.3) is 11.4 Å². The van der Waals surface area contributed by atoms with Gasteiger partial charge in [0.2, 0.25) is 0 Å². The summed E-state index contributed by atoms with van der Waals surface area (Å²) < 4.78 is 14.3. The summed E-state index contributed by atoms with van der Waals surface area (Å²) in [6.45, 7) is 3.47. The van der Waals surface area contributed by atoms with Crippen LogP contribution >= 0.6 is 0 Å². The first-order valence-corrected chi connectivity index (χ1v) is 10.3. The maximum Gasteiger partial charge on any atom is 0.279 e. The molecule has 168 valence electrons. The molecule has 1 amide bonds. The van der Waals surface area contributed by atoms with E-state index in [1.54, 1.807) is 12.3 Å². The zero-order chi connectivity index (χ0) is 23.6. The van der Waals surface area contributed by atoms with Gasteiger partial charge in [-0.3, -0.25) is 4.79 Å². The molecule has 5 N–H and O–H groups in total. The number of piperidine rings is 1. The molecular formula is C22H22FN9O. The Balaban J connectivity index is 1.62. The second kappa shape index (κ2) is 8.76. The molecule has 11 heteroatoms. The zero-order valence-corrected chi connectivity index (χ0v) is 17.9. The maximum atomic E-state index is 14.3. The Morgan fingerprint density at radius 1 is 1.24 bits per heavy atom. The van der Waals surface area contributed by atoms with Gasteiger partial charge in [0.1, 0.15) is 23.2 Å². The number of halogens is 1. The minimum atomic E-state index is -0.705. The number of anilines is 3. The van der Waals surface area contributed by atoms with Gasteiger partial charge in [-0.05, 0) is 44.0 Å². The molecular weight excluding hydrogens is 425 g/mol. The lowest BCUT2D eigenvalue weighted by Crippen LogP contribution is -2.48. The minimum Gasteiger partial charge on any atom is -0.382 e. The largest absolute Gasteiger partial charge is 0.382 e. The Morgan fingerprint density at radius 3 is 2.73 bits per heavy atom. The molecule has 0 spiro atoms. The Labute approximate surface area is 189 Å². The van der Waals surface area contributed by atoms with Gasteiger partial charge < -0.3 is 21.7 Å². The molecule has 0 bridgehead atoms. The van der Waals surface area contributed by atoms with Crippen molar-refractivity contribution in [3.05, 3.63) is 53.9 Å². The molecule has 0 aliphatic carbocycles. The fraction of sp³-hybridized carbons (Fsp3) is 0.273. The number of hydrogen-bond acceptors (Lipinski definition) is 9. The van der Waals surface area contributed by atoms with E-state index < -0.39 is 11.7 Å². The molecule has 3 aromatic rings. The average molecular weight is 447 g/mol. The van der Waals surface area contributed by atoms with E-state index in [4.69, 9.17) is 16.7 Å². The van der Waals surface area contributed by atoms with E-state index in [9.17, 15) is 9.18 Å². The highest BCUT2D eigenvalue weighted by molar-refractivity contribution is 6.06. The van der Waals surface area contributed by atoms with Gasteiger partial charge in [-0.2, -0.15) is 5.26 Å². The van der Waals surface area contributed by atoms with Gasteiger partial charge in [0.25, 0.3) is 5.91 Å². The minimum absolute atomic E-state index is 0.00395. The number of nitrogens with zero attached hydrogens (tertiary/aromatic N) is 6. The summed E-state index contributed by atoms with van der Waals surface area (Å²) in [7, 11) is 0. The molecule has 4 rings (SSSR count). The van der Waals surface area contributed by atoms with Crippen molar-refractivity contribution in [2.24, 2.45) is 5.73 Å². The van der Waals surface area contributed by atoms with Crippen LogP contribution < -0.4 is 21.7 Å². The van der Waals surface area contributed by atoms with Gasteiger partial charge in [0, 0.05) is 24.8 Å². The standard InChI is InChI=1S/C22H22FN9O/c1-22(26)6-9-32(10-7-22)16-3-2-8-27-20(16)31-21(33)18-19(25)28-12-15(30-18)17-14(23)5-4-13(11-24)29-17/h2-5,8,12H,6-7,9-10,26H2,1H3,(H2,25,28)(H,27,31,33). The number of hydrogen-bond donors (Lipinski definition) is 3. The van der Waals surface area contributed by atoms with Crippen LogP contribution in [0.4, 0.5) is 21.7 Å². The normalized spacial score (nSPS) is 15.0. The molecule has 4 heterocycles. The number of nitrogen functional groups attached to an aromatic ring is 1. The number of carbonyl (C=O) groups excluding carboxylic acids is 1. The highest BCUT2D eigenvalue weighted by Gasteiger charge is 2.28. The monoisotopic (exact) mass is 447 g/mol. The third-order valence-corrected chi connectivity index (χ3v) is 5.48. The molecule has 0 atom stereocenters. The summed E-state index contributed by atoms with van der Waals surface area (Å²) in [6, 6.07) is 7.83. The lowest BCUT2D eigenvalue weighted by atomic mass is 9.91. The zero-order valence-electron chi connectivity index (χ0n) is 17.9. The van der Waals surface area contributed by atoms with Crippen LogP contribution in [-0.4, -0.2) is 44.5 Å². The van der Waals surface area contributed by atoms with Crippen LogP contribution in [-0.2, 0) is 0 Å². The summed E-state index contributed by atoms with van der Waals surface area (Å²) in [5.74, 6) is -1.16. The maximum absolute atomic E-state index is 14.3. The van der Waals surface area contributed by atoms with Crippen molar-refractivity contribution in [1.82, 2.24) is 19.9 Å². The number of amides is 1. The van der Waals surface area contributed by atoms with E-state index in [-0.39, 0.29) is 34.1 Å². The number of nitrogens with two attached hydrogens (primary N) is 2. The first-order valence-electron chi connectivity index (χ1n) is 10.3. The summed E-state index contributed by atoms with van der Waals surface area (Å²) in [6.07, 6.45) is 4.36. The van der Waals surface area contributed by atoms with E-state index in [0.717, 1.165) is 37.7 Å². The van der Waals surface area contributed by atoms with Gasteiger partial charge >= 0.3 is 0 Å². The smallest absolute Gasteiger partial charge is 0.279 e. The molecule has 33 heavy (non-hydrogen) atoms. The molecule has 1 aliphatic heterocycles. The number of nitrogens with one attached hydrogen (secondary N) is 1. The van der Waals surface area contributed by atoms with E-state index in [1.165, 1.54) is 12.3 Å². The van der Waals surface area contributed by atoms with Crippen molar-refractivity contribution >= 4 is 23.2 Å². The van der Waals surface area contributed by atoms with Gasteiger partial charge in [-0.15, -0.1) is 0 Å². The fourth-order valence-electron chi connectivity index (χ4n) is 3.54. The van der Waals surface area contributed by atoms with Crippen molar-refractivity contribution in [3.63, 3.8) is 0 Å². The molecule has 10 nitrogen and oxygen atoms in total. The topological polar surface area (TPSA) is 160 Å². The van der Waals surface area contributed by atoms with Gasteiger partial charge in [0.15, 0.2) is 23.1 Å². The molecule has 1 saturated heterocycles. The average Bonchev–Trinajstić information content (AvgIpc) is 2.80. The van der Waals surface area contributed by atoms with Gasteiger partial charge in [-0.1, -0.05) is 0 Å². The Bertz CT molecular complexity index is 1240. The summed E-state index contributed by atoms with van der Waals surface area (Å²) in [5.41, 5.74) is 12.2. The van der Waals surface area contributed by atoms with Crippen molar-refractivity contribution in [2.75, 3.05) is 29.0 Å². The van der Waals surface area contributed by atoms with Gasteiger partial charge in [0.05, 0.1) is 11.9 Å². The van der Waals surface area contributed by atoms with Crippen LogP contribution in [0.15, 0.2) is 36.7 Å². The van der Waals surface area contributed by atoms with Crippen molar-refractivity contribution < 1.29 is 9.18 Å². The number of carbonyl (C=O) groups is 1. The van der Waals surface area contributed by atoms with Crippen molar-refractivity contribution in [1.29, 1.82) is 5.26 Å². The highest BCUT2D eigenvalue weighted by atomic mass is 19.1. The third kappa shape index (κ3) is 4.70. The van der Waals surface area contributed by atoms with E-state index in [1.807, 2.05) is 19.1 Å². The quantitative estimate of drug-likeness (QED) is 0.544. The molecule has 1 fully saturated rings. The van der Waals surface area contributed by atoms with Crippen LogP contribution in [0.1, 0.15) is 35.9 Å². The summed E-state index contributed by atoms with van der Waals surface area (Å²) in [5, 5.41) is 11.8. The molecule has 0 saturated carbocycles. The lowest BCUT2D eigenvalue weighted by Gasteiger charge is -2.38. The van der Waals surface area contributed by atoms with Crippen LogP contribution in [0, 0.1) is 17.1 Å². The predicted octanol–water partition coefficient (Wildman–Crippen LogP) is 2.10. The number of aromatic nitrogens is 4. The van der Waals surface area contributed by atoms with Gasteiger partial charge in [-0.25, -0.2) is 24.3 Å². The molecule has 3 aromatic heterocycles. The first-order chi connectivity index (χ1) is 15.8. The first kappa shape index (κ1) is 22.0. The summed E-state index contributed by atoms with van der Waals surface area (Å²) >= 11 is 0. The molecule has 0 radical (unpaired) electrons. The molecule has 1 aliphatic rings. The lowest BCUT2D eigenvalue weighted by molar-refractivity contribution is 0.102. The van der Waals surface area contributed by atoms with Crippen LogP contribution in [0.2, 0.25) is 0 Å². The second-order valence-corrected chi connectivity index (χ2v) is 8.09. The number of nitriles is 1. The van der Waals surface area contributed by atoms with Crippen LogP contribution in [0.5, 0.6) is 0 Å². The molecule has 0 aromatic carbocycles. The number of rotatable bonds is 4. The van der Waals surface area contributed by atoms with E-state index in [0.29, 0.717) is 5.82 Å². The third-order valence-electron chi connectivity index (χ3n) is 5.48. The Hall–Kier alpha value is -4.17. The fourth-order valence-corrected chi connectivity index (χ4v) is 3.54. The summed E-state index contributed by atoms with van der Waals surface area (Å²) in [4.78, 5) is 31.5. The van der Waals surface area contributed by atoms with Crippen LogP contribution in [0.3, 0.4) is 0 Å². The SMILES string of the molecule is CC1(N)CCN(c2cccnc2NC(=O)c2nc(-c3nc(C#N)ccc3F)cnc2N)CC1. The highest BCUT2D eigenvalue weighted by Crippen LogP contribution is 2.29. The Kier molecular flexibility index (Phi) is 5.85. The molecule has 0 unspecified atom stereocenters. The Morgan fingerprint density at radius 2 is 2.00 bits per heavy atom. The number of pyridine rings is 2. The second-order valence-electron chi connectivity index (χ2n) is 8.09. The van der Waals surface area contributed by atoms with Crippen molar-refractivity contribution in [3.8, 4) is 17.5 Å². The van der Waals surface area contributed by atoms with E-state index in [2.05, 4.69) is 30.2 Å². The van der Waals surface area contributed by atoms with Crippen molar-refractivity contribution in [2.45, 2.75) is 25.3 Å². The van der Waals surface area contributed by atoms with E-state index >= 15 is 0 Å². The predicted molar refractivity (Wildman–Crippen MR) is 121 cm³/mol.